The fourth-order valence-corrected chi connectivity index (χ4v) is 0.912. The summed E-state index contributed by atoms with van der Waals surface area (Å²) in [6.07, 6.45) is 0.0963. The van der Waals surface area contributed by atoms with E-state index in [4.69, 9.17) is 14.2 Å². The van der Waals surface area contributed by atoms with Crippen molar-refractivity contribution in [3.63, 3.8) is 0 Å². The summed E-state index contributed by atoms with van der Waals surface area (Å²) in [5.41, 5.74) is -0.222. The zero-order valence-electron chi connectivity index (χ0n) is 7.59. The maximum atomic E-state index is 5.46. The molecule has 0 aromatic carbocycles. The summed E-state index contributed by atoms with van der Waals surface area (Å²) in [5, 5.41) is 0. The number of hydrogen-bond acceptors (Lipinski definition) is 3. The van der Waals surface area contributed by atoms with E-state index in [1.165, 1.54) is 0 Å². The van der Waals surface area contributed by atoms with Gasteiger partial charge in [0, 0.05) is 6.61 Å². The van der Waals surface area contributed by atoms with E-state index in [1.54, 1.807) is 0 Å². The van der Waals surface area contributed by atoms with E-state index < -0.39 is 6.48 Å². The fourth-order valence-electron chi connectivity index (χ4n) is 0.912. The minimum Gasteiger partial charge on any atom is -0.330 e. The average Bonchev–Trinajstić information content (AvgIpc) is 2.08. The van der Waals surface area contributed by atoms with Crippen molar-refractivity contribution in [1.82, 2.24) is 0 Å². The van der Waals surface area contributed by atoms with Crippen LogP contribution in [0.5, 0.6) is 0 Å². The predicted molar refractivity (Wildman–Crippen MR) is 41.1 cm³/mol. The quantitative estimate of drug-likeness (QED) is 0.613. The van der Waals surface area contributed by atoms with Crippen LogP contribution < -0.4 is 0 Å². The molecule has 0 radical (unpaired) electrons. The summed E-state index contributed by atoms with van der Waals surface area (Å²) >= 11 is 0. The molecule has 0 aromatic rings. The van der Waals surface area contributed by atoms with Crippen LogP contribution in [-0.4, -0.2) is 24.8 Å². The molecule has 0 aromatic heterocycles. The lowest BCUT2D eigenvalue weighted by Crippen LogP contribution is -2.30. The molecule has 3 nitrogen and oxygen atoms in total. The normalized spacial score (nSPS) is 36.0. The molecule has 0 N–H and O–H groups in total. The molecule has 1 aliphatic heterocycles. The Morgan fingerprint density at radius 2 is 2.09 bits per heavy atom. The van der Waals surface area contributed by atoms with Gasteiger partial charge >= 0.3 is 0 Å². The molecule has 0 aliphatic carbocycles. The van der Waals surface area contributed by atoms with Crippen molar-refractivity contribution >= 4 is 0 Å². The molecule has 0 spiro atoms. The van der Waals surface area contributed by atoms with Gasteiger partial charge in [-0.3, -0.25) is 0 Å². The zero-order valence-corrected chi connectivity index (χ0v) is 7.59. The second kappa shape index (κ2) is 3.09. The number of hydrogen-bond donors (Lipinski definition) is 0. The van der Waals surface area contributed by atoms with E-state index in [1.807, 2.05) is 27.7 Å². The van der Waals surface area contributed by atoms with Crippen LogP contribution in [-0.2, 0) is 14.2 Å². The Balaban J connectivity index is 2.43. The number of ether oxygens (including phenoxy) is 3. The van der Waals surface area contributed by atoms with E-state index in [0.717, 1.165) is 0 Å². The Hall–Kier alpha value is -0.120. The van der Waals surface area contributed by atoms with Crippen molar-refractivity contribution < 1.29 is 14.2 Å². The Kier molecular flexibility index (Phi) is 2.52. The molecule has 1 aliphatic rings. The van der Waals surface area contributed by atoms with Crippen molar-refractivity contribution in [2.24, 2.45) is 0 Å². The summed E-state index contributed by atoms with van der Waals surface area (Å²) < 4.78 is 16.0. The molecule has 1 fully saturated rings. The van der Waals surface area contributed by atoms with Gasteiger partial charge in [0.2, 0.25) is 0 Å². The van der Waals surface area contributed by atoms with Crippen LogP contribution in [0.1, 0.15) is 27.7 Å². The van der Waals surface area contributed by atoms with Crippen LogP contribution >= 0.6 is 0 Å². The third-order valence-corrected chi connectivity index (χ3v) is 2.00. The van der Waals surface area contributed by atoms with E-state index in [9.17, 15) is 0 Å². The lowest BCUT2D eigenvalue weighted by Gasteiger charge is -2.19. The lowest BCUT2D eigenvalue weighted by molar-refractivity contribution is -0.246. The summed E-state index contributed by atoms with van der Waals surface area (Å²) in [4.78, 5) is 0. The maximum Gasteiger partial charge on any atom is 0.272 e. The molecular formula is C8H16O3. The maximum absolute atomic E-state index is 5.46. The first-order chi connectivity index (χ1) is 5.06. The third kappa shape index (κ3) is 1.92. The van der Waals surface area contributed by atoms with Gasteiger partial charge in [-0.25, -0.2) is 0 Å². The number of rotatable bonds is 2. The molecule has 1 saturated heterocycles. The summed E-state index contributed by atoms with van der Waals surface area (Å²) in [6.45, 7) is 8.05. The van der Waals surface area contributed by atoms with Crippen LogP contribution in [0, 0.1) is 0 Å². The molecular weight excluding hydrogens is 144 g/mol. The zero-order chi connectivity index (χ0) is 8.48. The van der Waals surface area contributed by atoms with E-state index >= 15 is 0 Å². The minimum absolute atomic E-state index is 0.0963. The molecule has 0 saturated carbocycles. The second-order valence-electron chi connectivity index (χ2n) is 3.24. The van der Waals surface area contributed by atoms with Crippen LogP contribution in [0.4, 0.5) is 0 Å². The second-order valence-corrected chi connectivity index (χ2v) is 3.24. The van der Waals surface area contributed by atoms with Gasteiger partial charge in [-0.2, -0.15) is 0 Å². The monoisotopic (exact) mass is 160 g/mol. The highest BCUT2D eigenvalue weighted by Gasteiger charge is 2.40. The van der Waals surface area contributed by atoms with Gasteiger partial charge in [0.15, 0.2) is 0 Å². The van der Waals surface area contributed by atoms with Crippen molar-refractivity contribution in [3.8, 4) is 0 Å². The Bertz CT molecular complexity index is 133. The fraction of sp³-hybridized carbons (Fsp3) is 1.00. The molecule has 1 rings (SSSR count). The molecule has 1 unspecified atom stereocenters. The highest BCUT2D eigenvalue weighted by Crippen LogP contribution is 2.28. The lowest BCUT2D eigenvalue weighted by atomic mass is 10.0. The summed E-state index contributed by atoms with van der Waals surface area (Å²) in [5.74, 6) is 0. The first-order valence-electron chi connectivity index (χ1n) is 4.01. The summed E-state index contributed by atoms with van der Waals surface area (Å²) in [7, 11) is 0. The molecule has 0 amide bonds. The molecule has 3 heteroatoms. The highest BCUT2D eigenvalue weighted by atomic mass is 16.9. The minimum atomic E-state index is -0.468. The van der Waals surface area contributed by atoms with Gasteiger partial charge in [0.05, 0.1) is 11.7 Å². The molecule has 2 atom stereocenters. The van der Waals surface area contributed by atoms with E-state index in [2.05, 4.69) is 0 Å². The topological polar surface area (TPSA) is 27.7 Å². The first kappa shape index (κ1) is 8.97. The SMILES string of the molecule is CCOC1O[C@@H](C)C(C)(C)O1. The predicted octanol–water partition coefficient (Wildman–Crippen LogP) is 1.52. The van der Waals surface area contributed by atoms with Gasteiger partial charge < -0.3 is 14.2 Å². The smallest absolute Gasteiger partial charge is 0.272 e. The van der Waals surface area contributed by atoms with Gasteiger partial charge in [-0.05, 0) is 27.7 Å². The van der Waals surface area contributed by atoms with Gasteiger partial charge in [0.25, 0.3) is 6.48 Å². The van der Waals surface area contributed by atoms with Crippen molar-refractivity contribution in [3.05, 3.63) is 0 Å². The van der Waals surface area contributed by atoms with Gasteiger partial charge in [-0.1, -0.05) is 0 Å². The van der Waals surface area contributed by atoms with Gasteiger partial charge in [0.1, 0.15) is 0 Å². The van der Waals surface area contributed by atoms with Crippen LogP contribution in [0.2, 0.25) is 0 Å². The standard InChI is InChI=1S/C8H16O3/c1-5-9-7-10-6(2)8(3,4)11-7/h6-7H,5H2,1-4H3/t6-,7?/m0/s1. The summed E-state index contributed by atoms with van der Waals surface area (Å²) in [6, 6.07) is 0. The largest absolute Gasteiger partial charge is 0.330 e. The third-order valence-electron chi connectivity index (χ3n) is 2.00. The highest BCUT2D eigenvalue weighted by molar-refractivity contribution is 4.80. The van der Waals surface area contributed by atoms with Crippen molar-refractivity contribution in [1.29, 1.82) is 0 Å². The average molecular weight is 160 g/mol. The van der Waals surface area contributed by atoms with Crippen LogP contribution in [0.15, 0.2) is 0 Å². The van der Waals surface area contributed by atoms with Crippen LogP contribution in [0.25, 0.3) is 0 Å². The molecule has 1 heterocycles. The Labute approximate surface area is 67.6 Å². The molecule has 66 valence electrons. The Morgan fingerprint density at radius 1 is 1.45 bits per heavy atom. The Morgan fingerprint density at radius 3 is 2.45 bits per heavy atom. The molecule has 0 bridgehead atoms. The first-order valence-corrected chi connectivity index (χ1v) is 4.01. The molecule has 11 heavy (non-hydrogen) atoms. The van der Waals surface area contributed by atoms with E-state index in [-0.39, 0.29) is 11.7 Å². The van der Waals surface area contributed by atoms with Crippen molar-refractivity contribution in [2.75, 3.05) is 6.61 Å². The van der Waals surface area contributed by atoms with E-state index in [0.29, 0.717) is 6.61 Å². The van der Waals surface area contributed by atoms with Crippen LogP contribution in [0.3, 0.4) is 0 Å². The van der Waals surface area contributed by atoms with Gasteiger partial charge in [-0.15, -0.1) is 0 Å². The van der Waals surface area contributed by atoms with Crippen molar-refractivity contribution in [2.45, 2.75) is 45.9 Å².